The first kappa shape index (κ1) is 30.2. The molecule has 0 rings (SSSR count). The van der Waals surface area contributed by atoms with Crippen molar-refractivity contribution in [2.75, 3.05) is 6.54 Å². The summed E-state index contributed by atoms with van der Waals surface area (Å²) in [4.78, 5) is 60.0. The van der Waals surface area contributed by atoms with Crippen molar-refractivity contribution in [3.8, 4) is 0 Å². The minimum absolute atomic E-state index is 0.0854. The summed E-state index contributed by atoms with van der Waals surface area (Å²) in [5.74, 6) is -5.35. The molecule has 5 atom stereocenters. The van der Waals surface area contributed by atoms with E-state index in [1.54, 1.807) is 13.8 Å². The topological polar surface area (TPSA) is 234 Å². The van der Waals surface area contributed by atoms with Gasteiger partial charge in [0.15, 0.2) is 0 Å². The molecule has 0 aliphatic carbocycles. The first-order valence-electron chi connectivity index (χ1n) is 10.8. The van der Waals surface area contributed by atoms with Gasteiger partial charge in [-0.15, -0.1) is 0 Å². The molecule has 0 aliphatic rings. The van der Waals surface area contributed by atoms with Gasteiger partial charge in [-0.2, -0.15) is 0 Å². The molecule has 0 radical (unpaired) electrons. The molecule has 0 heterocycles. The van der Waals surface area contributed by atoms with E-state index in [0.717, 1.165) is 0 Å². The molecule has 10 N–H and O–H groups in total. The van der Waals surface area contributed by atoms with Crippen LogP contribution >= 0.6 is 0 Å². The van der Waals surface area contributed by atoms with Gasteiger partial charge in [-0.1, -0.05) is 13.8 Å². The standard InChI is InChI=1S/C20H37N5O8/c1-10(2)8-13(18(30)25-14(20(32)33)9-15(27)28)24-17(29)12(6-4-5-7-21)23-19(31)16(22)11(3)26/h10-14,16,26H,4-9,21-22H2,1-3H3,(H,23,31)(H,24,29)(H,25,30)(H,27,28)(H,32,33). The van der Waals surface area contributed by atoms with E-state index in [4.69, 9.17) is 21.7 Å². The second-order valence-corrected chi connectivity index (χ2v) is 8.30. The smallest absolute Gasteiger partial charge is 0.326 e. The van der Waals surface area contributed by atoms with Gasteiger partial charge in [-0.25, -0.2) is 4.79 Å². The van der Waals surface area contributed by atoms with Crippen LogP contribution in [0.5, 0.6) is 0 Å². The summed E-state index contributed by atoms with van der Waals surface area (Å²) in [7, 11) is 0. The summed E-state index contributed by atoms with van der Waals surface area (Å²) in [6.45, 7) is 5.25. The highest BCUT2D eigenvalue weighted by Gasteiger charge is 2.31. The average molecular weight is 476 g/mol. The van der Waals surface area contributed by atoms with E-state index in [1.165, 1.54) is 6.92 Å². The zero-order valence-electron chi connectivity index (χ0n) is 19.2. The van der Waals surface area contributed by atoms with E-state index < -0.39 is 66.4 Å². The number of carbonyl (C=O) groups is 5. The molecule has 33 heavy (non-hydrogen) atoms. The number of carboxylic acids is 2. The Hall–Kier alpha value is -2.77. The Balaban J connectivity index is 5.53. The van der Waals surface area contributed by atoms with Crippen LogP contribution in [0.15, 0.2) is 0 Å². The summed E-state index contributed by atoms with van der Waals surface area (Å²) >= 11 is 0. The number of nitrogens with two attached hydrogens (primary N) is 2. The summed E-state index contributed by atoms with van der Waals surface area (Å²) in [6, 6.07) is -5.19. The molecule has 0 bridgehead atoms. The minimum atomic E-state index is -1.68. The molecule has 0 aromatic heterocycles. The van der Waals surface area contributed by atoms with Gasteiger partial charge < -0.3 is 42.7 Å². The normalized spacial score (nSPS) is 15.6. The van der Waals surface area contributed by atoms with Gasteiger partial charge in [-0.05, 0) is 45.1 Å². The third-order valence-electron chi connectivity index (χ3n) is 4.74. The van der Waals surface area contributed by atoms with Crippen molar-refractivity contribution in [2.45, 2.75) is 83.1 Å². The molecule has 0 spiro atoms. The Kier molecular flexibility index (Phi) is 13.9. The van der Waals surface area contributed by atoms with Crippen molar-refractivity contribution in [2.24, 2.45) is 17.4 Å². The number of aliphatic carboxylic acids is 2. The summed E-state index contributed by atoms with van der Waals surface area (Å²) in [5, 5.41) is 34.6. The van der Waals surface area contributed by atoms with E-state index >= 15 is 0 Å². The van der Waals surface area contributed by atoms with Gasteiger partial charge in [0.25, 0.3) is 0 Å². The summed E-state index contributed by atoms with van der Waals surface area (Å²) < 4.78 is 0. The van der Waals surface area contributed by atoms with Crippen molar-refractivity contribution >= 4 is 29.7 Å². The zero-order valence-corrected chi connectivity index (χ0v) is 19.2. The number of hydrogen-bond donors (Lipinski definition) is 8. The number of rotatable bonds is 16. The Labute approximate surface area is 192 Å². The van der Waals surface area contributed by atoms with Crippen LogP contribution < -0.4 is 27.4 Å². The monoisotopic (exact) mass is 475 g/mol. The highest BCUT2D eigenvalue weighted by molar-refractivity contribution is 5.94. The van der Waals surface area contributed by atoms with Crippen LogP contribution in [0.2, 0.25) is 0 Å². The van der Waals surface area contributed by atoms with Gasteiger partial charge in [-0.3, -0.25) is 19.2 Å². The summed E-state index contributed by atoms with van der Waals surface area (Å²) in [5.41, 5.74) is 11.1. The number of hydrogen-bond acceptors (Lipinski definition) is 8. The molecule has 0 aromatic carbocycles. The fourth-order valence-electron chi connectivity index (χ4n) is 2.87. The third-order valence-corrected chi connectivity index (χ3v) is 4.74. The Morgan fingerprint density at radius 2 is 1.33 bits per heavy atom. The van der Waals surface area contributed by atoms with Crippen LogP contribution in [0.4, 0.5) is 0 Å². The first-order valence-corrected chi connectivity index (χ1v) is 10.8. The first-order chi connectivity index (χ1) is 15.3. The fraction of sp³-hybridized carbons (Fsp3) is 0.750. The predicted molar refractivity (Wildman–Crippen MR) is 118 cm³/mol. The van der Waals surface area contributed by atoms with Crippen LogP contribution in [-0.2, 0) is 24.0 Å². The molecule has 0 aromatic rings. The molecule has 3 amide bonds. The lowest BCUT2D eigenvalue weighted by molar-refractivity contribution is -0.147. The maximum atomic E-state index is 12.9. The lowest BCUT2D eigenvalue weighted by atomic mass is 10.0. The number of carbonyl (C=O) groups excluding carboxylic acids is 3. The number of unbranched alkanes of at least 4 members (excludes halogenated alkanes) is 1. The third kappa shape index (κ3) is 12.2. The van der Waals surface area contributed by atoms with Gasteiger partial charge >= 0.3 is 11.9 Å². The SMILES string of the molecule is CC(C)CC(NC(=O)C(CCCCN)NC(=O)C(N)C(C)O)C(=O)NC(CC(=O)O)C(=O)O. The maximum Gasteiger partial charge on any atom is 0.326 e. The maximum absolute atomic E-state index is 12.9. The van der Waals surface area contributed by atoms with Gasteiger partial charge in [0.05, 0.1) is 12.5 Å². The molecular formula is C20H37N5O8. The van der Waals surface area contributed by atoms with Gasteiger partial charge in [0, 0.05) is 0 Å². The zero-order chi connectivity index (χ0) is 25.7. The molecule has 13 nitrogen and oxygen atoms in total. The second-order valence-electron chi connectivity index (χ2n) is 8.30. The molecule has 0 saturated heterocycles. The van der Waals surface area contributed by atoms with Crippen molar-refractivity contribution < 1.29 is 39.3 Å². The molecule has 5 unspecified atom stereocenters. The number of nitrogens with one attached hydrogen (secondary N) is 3. The Bertz CT molecular complexity index is 685. The van der Waals surface area contributed by atoms with Gasteiger partial charge in [0.2, 0.25) is 17.7 Å². The molecular weight excluding hydrogens is 438 g/mol. The van der Waals surface area contributed by atoms with Gasteiger partial charge in [0.1, 0.15) is 24.2 Å². The lowest BCUT2D eigenvalue weighted by Gasteiger charge is -2.26. The van der Waals surface area contributed by atoms with E-state index in [1.807, 2.05) is 0 Å². The quantitative estimate of drug-likeness (QED) is 0.113. The Morgan fingerprint density at radius 3 is 1.79 bits per heavy atom. The van der Waals surface area contributed by atoms with Crippen LogP contribution in [-0.4, -0.2) is 81.8 Å². The van der Waals surface area contributed by atoms with E-state index in [0.29, 0.717) is 19.4 Å². The number of amides is 3. The van der Waals surface area contributed by atoms with E-state index in [2.05, 4.69) is 16.0 Å². The molecule has 0 saturated carbocycles. The van der Waals surface area contributed by atoms with E-state index in [-0.39, 0.29) is 18.8 Å². The average Bonchev–Trinajstić information content (AvgIpc) is 2.70. The fourth-order valence-corrected chi connectivity index (χ4v) is 2.87. The molecule has 0 aliphatic heterocycles. The van der Waals surface area contributed by atoms with Crippen molar-refractivity contribution in [3.63, 3.8) is 0 Å². The second kappa shape index (κ2) is 15.1. The molecule has 0 fully saturated rings. The minimum Gasteiger partial charge on any atom is -0.481 e. The van der Waals surface area contributed by atoms with Crippen molar-refractivity contribution in [3.05, 3.63) is 0 Å². The van der Waals surface area contributed by atoms with Crippen LogP contribution in [0.25, 0.3) is 0 Å². The van der Waals surface area contributed by atoms with Crippen molar-refractivity contribution in [1.29, 1.82) is 0 Å². The van der Waals surface area contributed by atoms with Crippen LogP contribution in [0.3, 0.4) is 0 Å². The van der Waals surface area contributed by atoms with Crippen molar-refractivity contribution in [1.82, 2.24) is 16.0 Å². The number of aliphatic hydroxyl groups is 1. The molecule has 13 heteroatoms. The highest BCUT2D eigenvalue weighted by atomic mass is 16.4. The number of aliphatic hydroxyl groups excluding tert-OH is 1. The predicted octanol–water partition coefficient (Wildman–Crippen LogP) is -2.12. The number of carboxylic acid groups (broad SMARTS) is 2. The lowest BCUT2D eigenvalue weighted by Crippen LogP contribution is -2.58. The van der Waals surface area contributed by atoms with E-state index in [9.17, 15) is 29.1 Å². The highest BCUT2D eigenvalue weighted by Crippen LogP contribution is 2.09. The van der Waals surface area contributed by atoms with Crippen LogP contribution in [0, 0.1) is 5.92 Å². The Morgan fingerprint density at radius 1 is 0.818 bits per heavy atom. The summed E-state index contributed by atoms with van der Waals surface area (Å²) in [6.07, 6.45) is -0.605. The molecule has 190 valence electrons. The largest absolute Gasteiger partial charge is 0.481 e. The van der Waals surface area contributed by atoms with Crippen LogP contribution in [0.1, 0.15) is 52.9 Å².